The Morgan fingerprint density at radius 1 is 0.619 bits per heavy atom. The van der Waals surface area contributed by atoms with Crippen molar-refractivity contribution in [2.45, 2.75) is 142 Å². The van der Waals surface area contributed by atoms with Gasteiger partial charge in [-0.25, -0.2) is 0 Å². The fourth-order valence-electron chi connectivity index (χ4n) is 6.94. The van der Waals surface area contributed by atoms with Gasteiger partial charge in [-0.05, 0) is 87.6 Å². The van der Waals surface area contributed by atoms with Crippen molar-refractivity contribution >= 4 is 25.2 Å². The highest BCUT2D eigenvalue weighted by molar-refractivity contribution is 6.62. The maximum atomic E-state index is 6.53. The Balaban J connectivity index is 1.59. The monoisotopic (exact) mass is 570 g/mol. The second-order valence-corrected chi connectivity index (χ2v) is 14.4. The van der Waals surface area contributed by atoms with Crippen LogP contribution in [0.25, 0.3) is 11.1 Å². The Morgan fingerprint density at radius 2 is 1.10 bits per heavy atom. The van der Waals surface area contributed by atoms with Crippen molar-refractivity contribution in [1.29, 1.82) is 0 Å². The predicted octanol–water partition coefficient (Wildman–Crippen LogP) is 8.23. The SMILES string of the molecule is C=C1OB(c2ccc3c(c2)C(CCCCCC)(CCCCCC)c2cc(B4OC(C)(C)C(C)(C)O4)ccc2-3)OC1(C)C. The van der Waals surface area contributed by atoms with Gasteiger partial charge in [-0.3, -0.25) is 0 Å². The topological polar surface area (TPSA) is 36.9 Å². The molecule has 0 saturated carbocycles. The molecule has 2 fully saturated rings. The molecular formula is C36H52B2O4. The van der Waals surface area contributed by atoms with Crippen molar-refractivity contribution in [3.05, 3.63) is 59.9 Å². The molecular weight excluding hydrogens is 518 g/mol. The smallest absolute Gasteiger partial charge is 0.534 e. The molecule has 2 saturated heterocycles. The van der Waals surface area contributed by atoms with Gasteiger partial charge < -0.3 is 18.6 Å². The Morgan fingerprint density at radius 3 is 1.52 bits per heavy atom. The van der Waals surface area contributed by atoms with Crippen LogP contribution in [-0.2, 0) is 24.0 Å². The van der Waals surface area contributed by atoms with E-state index in [2.05, 4.69) is 84.5 Å². The average Bonchev–Trinajstić information content (AvgIpc) is 3.46. The van der Waals surface area contributed by atoms with Crippen molar-refractivity contribution in [3.63, 3.8) is 0 Å². The van der Waals surface area contributed by atoms with Crippen LogP contribution in [0.3, 0.4) is 0 Å². The third kappa shape index (κ3) is 5.64. The molecule has 0 radical (unpaired) electrons. The second-order valence-electron chi connectivity index (χ2n) is 14.4. The lowest BCUT2D eigenvalue weighted by atomic mass is 9.67. The highest BCUT2D eigenvalue weighted by Crippen LogP contribution is 2.54. The van der Waals surface area contributed by atoms with E-state index in [0.717, 1.165) is 23.8 Å². The zero-order chi connectivity index (χ0) is 30.3. The van der Waals surface area contributed by atoms with Gasteiger partial charge in [-0.15, -0.1) is 0 Å². The summed E-state index contributed by atoms with van der Waals surface area (Å²) in [6.07, 6.45) is 12.3. The Labute approximate surface area is 256 Å². The van der Waals surface area contributed by atoms with Gasteiger partial charge >= 0.3 is 14.2 Å². The van der Waals surface area contributed by atoms with Gasteiger partial charge in [0.1, 0.15) is 5.60 Å². The number of fused-ring (bicyclic) bond motifs is 3. The zero-order valence-electron chi connectivity index (χ0n) is 27.5. The lowest BCUT2D eigenvalue weighted by Gasteiger charge is -2.33. The van der Waals surface area contributed by atoms with Crippen molar-refractivity contribution in [3.8, 4) is 11.1 Å². The van der Waals surface area contributed by atoms with Crippen molar-refractivity contribution < 1.29 is 18.6 Å². The Bertz CT molecular complexity index is 1270. The summed E-state index contributed by atoms with van der Waals surface area (Å²) in [6.45, 7) is 21.3. The number of benzene rings is 2. The molecule has 0 unspecified atom stereocenters. The lowest BCUT2D eigenvalue weighted by Crippen LogP contribution is -2.41. The van der Waals surface area contributed by atoms with Crippen LogP contribution in [-0.4, -0.2) is 31.0 Å². The summed E-state index contributed by atoms with van der Waals surface area (Å²) in [5, 5.41) is 0. The first-order chi connectivity index (χ1) is 19.8. The van der Waals surface area contributed by atoms with Crippen LogP contribution in [0, 0.1) is 0 Å². The molecule has 0 aromatic heterocycles. The quantitative estimate of drug-likeness (QED) is 0.190. The normalized spacial score (nSPS) is 21.0. The van der Waals surface area contributed by atoms with Gasteiger partial charge in [0.25, 0.3) is 0 Å². The number of unbranched alkanes of at least 4 members (excludes halogenated alkanes) is 6. The summed E-state index contributed by atoms with van der Waals surface area (Å²) in [5.74, 6) is 0.689. The van der Waals surface area contributed by atoms with Crippen LogP contribution < -0.4 is 10.9 Å². The molecule has 2 aromatic rings. The number of hydrogen-bond acceptors (Lipinski definition) is 4. The van der Waals surface area contributed by atoms with Crippen molar-refractivity contribution in [2.75, 3.05) is 0 Å². The van der Waals surface area contributed by atoms with Crippen molar-refractivity contribution in [2.24, 2.45) is 0 Å². The standard InChI is InChI=1S/C36H52B2O4/c1-10-12-14-16-22-36(23-17-15-13-11-2)31-24-27(37-39-26(3)33(4,5)40-37)18-20-29(31)30-21-19-28(25-32(30)36)38-41-34(6,7)35(8,9)42-38/h18-21,24-25H,3,10-17,22-23H2,1-2,4-9H3. The molecule has 5 rings (SSSR count). The summed E-state index contributed by atoms with van der Waals surface area (Å²) in [6, 6.07) is 13.8. The molecule has 2 aromatic carbocycles. The largest absolute Gasteiger partial charge is 0.563 e. The van der Waals surface area contributed by atoms with E-state index >= 15 is 0 Å². The van der Waals surface area contributed by atoms with Gasteiger partial charge in [0.15, 0.2) is 0 Å². The van der Waals surface area contributed by atoms with E-state index in [1.54, 1.807) is 0 Å². The number of hydrogen-bond donors (Lipinski definition) is 0. The first kappa shape index (κ1) is 31.4. The highest BCUT2D eigenvalue weighted by atomic mass is 16.7. The first-order valence-electron chi connectivity index (χ1n) is 16.5. The van der Waals surface area contributed by atoms with E-state index in [-0.39, 0.29) is 23.7 Å². The summed E-state index contributed by atoms with van der Waals surface area (Å²) < 4.78 is 25.6. The van der Waals surface area contributed by atoms with E-state index in [4.69, 9.17) is 18.6 Å². The molecule has 0 bridgehead atoms. The van der Waals surface area contributed by atoms with Crippen molar-refractivity contribution in [1.82, 2.24) is 0 Å². The summed E-state index contributed by atoms with van der Waals surface area (Å²) >= 11 is 0. The second kappa shape index (κ2) is 11.8. The minimum atomic E-state index is -0.498. The summed E-state index contributed by atoms with van der Waals surface area (Å²) in [5.41, 5.74) is 6.45. The highest BCUT2D eigenvalue weighted by Gasteiger charge is 2.53. The van der Waals surface area contributed by atoms with E-state index in [0.29, 0.717) is 5.76 Å². The van der Waals surface area contributed by atoms with Gasteiger partial charge in [0.05, 0.1) is 17.0 Å². The van der Waals surface area contributed by atoms with E-state index in [9.17, 15) is 0 Å². The first-order valence-corrected chi connectivity index (χ1v) is 16.5. The molecule has 4 nitrogen and oxygen atoms in total. The van der Waals surface area contributed by atoms with E-state index in [1.807, 2.05) is 13.8 Å². The molecule has 0 amide bonds. The van der Waals surface area contributed by atoms with Crippen LogP contribution in [0.15, 0.2) is 48.7 Å². The Hall–Kier alpha value is -2.01. The van der Waals surface area contributed by atoms with Crippen LogP contribution in [0.5, 0.6) is 0 Å². The zero-order valence-corrected chi connectivity index (χ0v) is 27.5. The maximum absolute atomic E-state index is 6.53. The predicted molar refractivity (Wildman–Crippen MR) is 177 cm³/mol. The van der Waals surface area contributed by atoms with Crippen LogP contribution in [0.4, 0.5) is 0 Å². The van der Waals surface area contributed by atoms with Gasteiger partial charge in [-0.2, -0.15) is 0 Å². The van der Waals surface area contributed by atoms with Gasteiger partial charge in [0, 0.05) is 5.41 Å². The van der Waals surface area contributed by atoms with E-state index < -0.39 is 12.7 Å². The van der Waals surface area contributed by atoms with Gasteiger partial charge in [-0.1, -0.05) is 108 Å². The van der Waals surface area contributed by atoms with Crippen LogP contribution >= 0.6 is 0 Å². The third-order valence-electron chi connectivity index (χ3n) is 10.4. The van der Waals surface area contributed by atoms with Crippen LogP contribution in [0.2, 0.25) is 0 Å². The third-order valence-corrected chi connectivity index (χ3v) is 10.4. The molecule has 6 heteroatoms. The summed E-state index contributed by atoms with van der Waals surface area (Å²) in [4.78, 5) is 0. The molecule has 42 heavy (non-hydrogen) atoms. The minimum absolute atomic E-state index is 0.0626. The fourth-order valence-corrected chi connectivity index (χ4v) is 6.94. The molecule has 0 spiro atoms. The van der Waals surface area contributed by atoms with Crippen LogP contribution in [0.1, 0.15) is 131 Å². The minimum Gasteiger partial charge on any atom is -0.534 e. The Kier molecular flexibility index (Phi) is 8.84. The molecule has 2 heterocycles. The molecule has 0 atom stereocenters. The molecule has 1 aliphatic carbocycles. The average molecular weight is 570 g/mol. The molecule has 2 aliphatic heterocycles. The maximum Gasteiger partial charge on any atom is 0.563 e. The van der Waals surface area contributed by atoms with E-state index in [1.165, 1.54) is 73.6 Å². The van der Waals surface area contributed by atoms with Gasteiger partial charge in [0.2, 0.25) is 0 Å². The fraction of sp³-hybridized carbons (Fsp3) is 0.611. The molecule has 0 N–H and O–H groups in total. The molecule has 226 valence electrons. The lowest BCUT2D eigenvalue weighted by molar-refractivity contribution is 0.00578. The number of rotatable bonds is 12. The summed E-state index contributed by atoms with van der Waals surface area (Å²) in [7, 11) is -0.800. The molecule has 3 aliphatic rings.